The van der Waals surface area contributed by atoms with Gasteiger partial charge in [0.2, 0.25) is 5.91 Å². The molecule has 2 heterocycles. The standard InChI is InChI=1S/C12H18N6O2/c1-3-4-8(11-13-5-6-18(11)2)14-10(19)7-9-15-12(20)17-16-9/h5-6,8H,3-4,7H2,1-2H3,(H,14,19)(H2,15,16,17,20)/t8-/m0/s1. The largest absolute Gasteiger partial charge is 0.346 e. The molecular weight excluding hydrogens is 260 g/mol. The molecule has 0 aliphatic carbocycles. The molecule has 108 valence electrons. The summed E-state index contributed by atoms with van der Waals surface area (Å²) in [5.74, 6) is 0.938. The van der Waals surface area contributed by atoms with Gasteiger partial charge in [-0.25, -0.2) is 14.9 Å². The molecule has 0 saturated carbocycles. The lowest BCUT2D eigenvalue weighted by Crippen LogP contribution is -2.31. The number of imidazole rings is 1. The summed E-state index contributed by atoms with van der Waals surface area (Å²) in [4.78, 5) is 29.6. The minimum absolute atomic E-state index is 0.0311. The van der Waals surface area contributed by atoms with Crippen LogP contribution in [0.15, 0.2) is 17.2 Å². The molecule has 20 heavy (non-hydrogen) atoms. The quantitative estimate of drug-likeness (QED) is 0.692. The average Bonchev–Trinajstić information content (AvgIpc) is 2.98. The van der Waals surface area contributed by atoms with E-state index in [4.69, 9.17) is 0 Å². The molecule has 2 aromatic rings. The summed E-state index contributed by atoms with van der Waals surface area (Å²) in [5.41, 5.74) is -0.415. The molecule has 0 unspecified atom stereocenters. The predicted octanol–water partition coefficient (Wildman–Crippen LogP) is 0.0316. The van der Waals surface area contributed by atoms with Gasteiger partial charge in [0.15, 0.2) is 0 Å². The van der Waals surface area contributed by atoms with Crippen molar-refractivity contribution in [3.8, 4) is 0 Å². The summed E-state index contributed by atoms with van der Waals surface area (Å²) in [5, 5.41) is 8.87. The summed E-state index contributed by atoms with van der Waals surface area (Å²) < 4.78 is 1.89. The first-order chi connectivity index (χ1) is 9.60. The third-order valence-corrected chi connectivity index (χ3v) is 2.96. The highest BCUT2D eigenvalue weighted by Gasteiger charge is 2.18. The Kier molecular flexibility index (Phi) is 4.34. The van der Waals surface area contributed by atoms with Crippen molar-refractivity contribution in [3.05, 3.63) is 34.5 Å². The van der Waals surface area contributed by atoms with Gasteiger partial charge in [0.25, 0.3) is 0 Å². The Labute approximate surface area is 115 Å². The molecule has 1 atom stereocenters. The first-order valence-electron chi connectivity index (χ1n) is 6.50. The molecule has 0 bridgehead atoms. The van der Waals surface area contributed by atoms with E-state index in [9.17, 15) is 9.59 Å². The van der Waals surface area contributed by atoms with Crippen LogP contribution in [-0.4, -0.2) is 30.6 Å². The molecule has 0 aromatic carbocycles. The minimum Gasteiger partial charge on any atom is -0.346 e. The van der Waals surface area contributed by atoms with E-state index in [1.54, 1.807) is 6.20 Å². The molecule has 2 rings (SSSR count). The van der Waals surface area contributed by atoms with E-state index in [-0.39, 0.29) is 18.4 Å². The maximum Gasteiger partial charge on any atom is 0.340 e. The number of nitrogens with zero attached hydrogens (tertiary/aromatic N) is 3. The summed E-state index contributed by atoms with van der Waals surface area (Å²) >= 11 is 0. The smallest absolute Gasteiger partial charge is 0.340 e. The fourth-order valence-electron chi connectivity index (χ4n) is 2.05. The van der Waals surface area contributed by atoms with E-state index >= 15 is 0 Å². The number of H-pyrrole nitrogens is 2. The van der Waals surface area contributed by atoms with E-state index in [2.05, 4.69) is 25.5 Å². The summed E-state index contributed by atoms with van der Waals surface area (Å²) in [6.07, 6.45) is 5.30. The van der Waals surface area contributed by atoms with Crippen LogP contribution in [0.4, 0.5) is 0 Å². The lowest BCUT2D eigenvalue weighted by Gasteiger charge is -2.17. The molecule has 0 fully saturated rings. The van der Waals surface area contributed by atoms with E-state index in [0.29, 0.717) is 5.82 Å². The third kappa shape index (κ3) is 3.34. The monoisotopic (exact) mass is 278 g/mol. The highest BCUT2D eigenvalue weighted by Crippen LogP contribution is 2.16. The van der Waals surface area contributed by atoms with Crippen molar-refractivity contribution in [1.82, 2.24) is 30.0 Å². The van der Waals surface area contributed by atoms with Gasteiger partial charge in [0, 0.05) is 19.4 Å². The van der Waals surface area contributed by atoms with Gasteiger partial charge in [-0.15, -0.1) is 0 Å². The predicted molar refractivity (Wildman–Crippen MR) is 71.9 cm³/mol. The van der Waals surface area contributed by atoms with Gasteiger partial charge in [0.05, 0.1) is 12.5 Å². The fourth-order valence-corrected chi connectivity index (χ4v) is 2.05. The molecule has 8 nitrogen and oxygen atoms in total. The van der Waals surface area contributed by atoms with Crippen LogP contribution in [0.5, 0.6) is 0 Å². The molecule has 0 saturated heterocycles. The number of rotatable bonds is 6. The highest BCUT2D eigenvalue weighted by atomic mass is 16.2. The highest BCUT2D eigenvalue weighted by molar-refractivity contribution is 5.78. The Hall–Kier alpha value is -2.38. The van der Waals surface area contributed by atoms with Gasteiger partial charge in [0.1, 0.15) is 11.6 Å². The first-order valence-corrected chi connectivity index (χ1v) is 6.50. The number of hydrogen-bond acceptors (Lipinski definition) is 4. The lowest BCUT2D eigenvalue weighted by molar-refractivity contribution is -0.121. The second-order valence-corrected chi connectivity index (χ2v) is 4.61. The van der Waals surface area contributed by atoms with Gasteiger partial charge in [-0.1, -0.05) is 13.3 Å². The number of aromatic amines is 2. The van der Waals surface area contributed by atoms with Crippen LogP contribution in [0.25, 0.3) is 0 Å². The van der Waals surface area contributed by atoms with Gasteiger partial charge < -0.3 is 9.88 Å². The van der Waals surface area contributed by atoms with Crippen molar-refractivity contribution in [2.75, 3.05) is 0 Å². The zero-order valence-electron chi connectivity index (χ0n) is 11.5. The van der Waals surface area contributed by atoms with Crippen molar-refractivity contribution in [2.45, 2.75) is 32.2 Å². The van der Waals surface area contributed by atoms with Crippen LogP contribution >= 0.6 is 0 Å². The molecule has 8 heteroatoms. The van der Waals surface area contributed by atoms with Crippen LogP contribution in [0, 0.1) is 0 Å². The maximum absolute atomic E-state index is 12.0. The molecule has 3 N–H and O–H groups in total. The van der Waals surface area contributed by atoms with Crippen LogP contribution < -0.4 is 11.0 Å². The topological polar surface area (TPSA) is 108 Å². The summed E-state index contributed by atoms with van der Waals surface area (Å²) in [6, 6.07) is -0.141. The fraction of sp³-hybridized carbons (Fsp3) is 0.500. The van der Waals surface area contributed by atoms with Crippen LogP contribution in [-0.2, 0) is 18.3 Å². The number of amides is 1. The number of aryl methyl sites for hydroxylation is 1. The van der Waals surface area contributed by atoms with E-state index in [1.165, 1.54) is 0 Å². The molecular formula is C12H18N6O2. The van der Waals surface area contributed by atoms with Crippen LogP contribution in [0.2, 0.25) is 0 Å². The van der Waals surface area contributed by atoms with E-state index < -0.39 is 5.69 Å². The van der Waals surface area contributed by atoms with Crippen LogP contribution in [0.3, 0.4) is 0 Å². The zero-order valence-corrected chi connectivity index (χ0v) is 11.5. The number of hydrogen-bond donors (Lipinski definition) is 3. The van der Waals surface area contributed by atoms with E-state index in [0.717, 1.165) is 18.7 Å². The first kappa shape index (κ1) is 14.0. The maximum atomic E-state index is 12.0. The Balaban J connectivity index is 2.03. The molecule has 1 amide bonds. The zero-order chi connectivity index (χ0) is 14.5. The number of carbonyl (C=O) groups excluding carboxylic acids is 1. The Morgan fingerprint density at radius 3 is 2.90 bits per heavy atom. The van der Waals surface area contributed by atoms with Gasteiger partial charge in [-0.2, -0.15) is 5.10 Å². The average molecular weight is 278 g/mol. The molecule has 0 aliphatic heterocycles. The lowest BCUT2D eigenvalue weighted by atomic mass is 10.1. The Morgan fingerprint density at radius 1 is 1.55 bits per heavy atom. The second-order valence-electron chi connectivity index (χ2n) is 4.61. The Morgan fingerprint density at radius 2 is 2.35 bits per heavy atom. The van der Waals surface area contributed by atoms with E-state index in [1.807, 2.05) is 24.7 Å². The third-order valence-electron chi connectivity index (χ3n) is 2.96. The van der Waals surface area contributed by atoms with Crippen molar-refractivity contribution < 1.29 is 4.79 Å². The minimum atomic E-state index is -0.415. The Bertz CT molecular complexity index is 626. The normalized spacial score (nSPS) is 12.3. The van der Waals surface area contributed by atoms with Crippen LogP contribution in [0.1, 0.15) is 37.5 Å². The molecule has 2 aromatic heterocycles. The molecule has 0 radical (unpaired) electrons. The summed E-state index contributed by atoms with van der Waals surface area (Å²) in [6.45, 7) is 2.05. The van der Waals surface area contributed by atoms with Gasteiger partial charge in [-0.05, 0) is 6.42 Å². The number of carbonyl (C=O) groups is 1. The molecule has 0 spiro atoms. The van der Waals surface area contributed by atoms with Crippen molar-refractivity contribution >= 4 is 5.91 Å². The van der Waals surface area contributed by atoms with Crippen molar-refractivity contribution in [3.63, 3.8) is 0 Å². The summed E-state index contributed by atoms with van der Waals surface area (Å²) in [7, 11) is 1.89. The van der Waals surface area contributed by atoms with Crippen molar-refractivity contribution in [1.29, 1.82) is 0 Å². The van der Waals surface area contributed by atoms with Crippen molar-refractivity contribution in [2.24, 2.45) is 7.05 Å². The van der Waals surface area contributed by atoms with Gasteiger partial charge in [-0.3, -0.25) is 9.78 Å². The van der Waals surface area contributed by atoms with Gasteiger partial charge >= 0.3 is 5.69 Å². The second kappa shape index (κ2) is 6.18. The molecule has 0 aliphatic rings. The number of nitrogens with one attached hydrogen (secondary N) is 3. The number of aromatic nitrogens is 5. The SMILES string of the molecule is CCC[C@H](NC(=O)Cc1n[nH]c(=O)[nH]1)c1nccn1C.